The first-order chi connectivity index (χ1) is 25.6. The maximum atomic E-state index is 14.2. The van der Waals surface area contributed by atoms with E-state index in [1.165, 1.54) is 15.9 Å². The summed E-state index contributed by atoms with van der Waals surface area (Å²) in [4.78, 5) is 50.0. The molecule has 4 aromatic rings. The highest BCUT2D eigenvalue weighted by atomic mass is 35.5. The normalized spacial score (nSPS) is 21.5. The number of aromatic nitrogens is 5. The van der Waals surface area contributed by atoms with E-state index in [9.17, 15) is 19.5 Å². The number of pyridine rings is 1. The number of methoxy groups -OCH3 is 1. The maximum Gasteiger partial charge on any atom is 0.326 e. The van der Waals surface area contributed by atoms with Crippen LogP contribution >= 0.6 is 23.2 Å². The largest absolute Gasteiger partial charge is 0.496 e. The summed E-state index contributed by atoms with van der Waals surface area (Å²) in [6.07, 6.45) is 6.94. The second kappa shape index (κ2) is 15.3. The zero-order valence-corrected chi connectivity index (χ0v) is 30.8. The van der Waals surface area contributed by atoms with E-state index < -0.39 is 23.0 Å². The minimum Gasteiger partial charge on any atom is -0.496 e. The monoisotopic (exact) mass is 761 g/mol. The van der Waals surface area contributed by atoms with E-state index in [0.717, 1.165) is 24.2 Å². The predicted octanol–water partition coefficient (Wildman–Crippen LogP) is 4.80. The predicted molar refractivity (Wildman–Crippen MR) is 196 cm³/mol. The molecule has 3 aliphatic heterocycles. The van der Waals surface area contributed by atoms with Crippen LogP contribution in [0, 0.1) is 0 Å². The lowest BCUT2D eigenvalue weighted by Gasteiger charge is -2.43. The van der Waals surface area contributed by atoms with Gasteiger partial charge in [-0.15, -0.1) is 5.10 Å². The molecule has 7 rings (SSSR count). The molecule has 2 aromatic carbocycles. The number of tetrazole rings is 1. The van der Waals surface area contributed by atoms with Crippen molar-refractivity contribution in [2.45, 2.75) is 55.5 Å². The van der Waals surface area contributed by atoms with Crippen molar-refractivity contribution in [2.75, 3.05) is 46.4 Å². The van der Waals surface area contributed by atoms with Crippen molar-refractivity contribution >= 4 is 41.1 Å². The number of hydrogen-bond acceptors (Lipinski definition) is 9. The highest BCUT2D eigenvalue weighted by Crippen LogP contribution is 2.42. The Kier molecular flexibility index (Phi) is 10.5. The summed E-state index contributed by atoms with van der Waals surface area (Å²) in [5.41, 5.74) is 1.68. The Bertz CT molecular complexity index is 1960. The average Bonchev–Trinajstić information content (AvgIpc) is 3.98. The molecule has 2 atom stereocenters. The number of carbonyl (C=O) groups excluding carboxylic acids is 2. The van der Waals surface area contributed by atoms with Gasteiger partial charge in [-0.3, -0.25) is 9.78 Å². The lowest BCUT2D eigenvalue weighted by molar-refractivity contribution is -0.141. The molecule has 0 saturated carbocycles. The topological polar surface area (TPSA) is 159 Å². The standard InChI is InChI=1S/C37H41Cl2N9O5/c1-53-31-10-8-26(48-24-41-43-44-48)22-27(31)33(49)46-20-12-36(23-46,25-7-9-28(38)29(39)21-25)11-17-45-18-13-37(14-19-45,32-6-2-3-15-40-32)42-35(52)47-16-4-5-30(47)34(50)51/h2-3,6-10,15,21-22,24,30H,4-5,11-14,16-20,23H2,1H3,(H,42,52)(H,50,51). The average molecular weight is 763 g/mol. The lowest BCUT2D eigenvalue weighted by atomic mass is 9.76. The van der Waals surface area contributed by atoms with Gasteiger partial charge < -0.3 is 29.9 Å². The van der Waals surface area contributed by atoms with E-state index in [0.29, 0.717) is 91.9 Å². The Morgan fingerprint density at radius 2 is 1.83 bits per heavy atom. The molecule has 0 bridgehead atoms. The third kappa shape index (κ3) is 7.40. The quantitative estimate of drug-likeness (QED) is 0.230. The fourth-order valence-corrected chi connectivity index (χ4v) is 8.37. The summed E-state index contributed by atoms with van der Waals surface area (Å²) < 4.78 is 7.09. The van der Waals surface area contributed by atoms with Gasteiger partial charge in [0, 0.05) is 44.3 Å². The number of carbonyl (C=O) groups is 3. The Balaban J connectivity index is 1.09. The lowest BCUT2D eigenvalue weighted by Crippen LogP contribution is -2.58. The van der Waals surface area contributed by atoms with E-state index in [-0.39, 0.29) is 11.9 Å². The number of carboxylic acids is 1. The van der Waals surface area contributed by atoms with E-state index in [4.69, 9.17) is 27.9 Å². The third-order valence-electron chi connectivity index (χ3n) is 11.1. The van der Waals surface area contributed by atoms with Gasteiger partial charge in [0.15, 0.2) is 0 Å². The first-order valence-electron chi connectivity index (χ1n) is 17.7. The number of nitrogens with one attached hydrogen (secondary N) is 1. The Hall–Kier alpha value is -4.79. The Labute approximate surface area is 317 Å². The number of likely N-dealkylation sites (tertiary alicyclic amines) is 3. The maximum absolute atomic E-state index is 14.2. The number of aliphatic carboxylic acids is 1. The van der Waals surface area contributed by atoms with Crippen LogP contribution in [0.4, 0.5) is 4.79 Å². The fraction of sp³-hybridized carbons (Fsp3) is 0.432. The SMILES string of the molecule is COc1ccc(-n2cnnn2)cc1C(=O)N1CCC(CCN2CCC(NC(=O)N3CCCC3C(=O)O)(c3ccccn3)CC2)(c2ccc(Cl)c(Cl)c2)C1. The molecule has 0 aliphatic carbocycles. The number of ether oxygens (including phenoxy) is 1. The smallest absolute Gasteiger partial charge is 0.326 e. The second-order valence-electron chi connectivity index (χ2n) is 14.0. The molecule has 2 unspecified atom stereocenters. The summed E-state index contributed by atoms with van der Waals surface area (Å²) in [5.74, 6) is -0.686. The van der Waals surface area contributed by atoms with Gasteiger partial charge in [0.25, 0.3) is 5.91 Å². The number of urea groups is 1. The van der Waals surface area contributed by atoms with E-state index >= 15 is 0 Å². The molecule has 278 valence electrons. The van der Waals surface area contributed by atoms with Gasteiger partial charge in [-0.1, -0.05) is 35.3 Å². The zero-order chi connectivity index (χ0) is 37.2. The number of nitrogens with zero attached hydrogens (tertiary/aromatic N) is 8. The number of carboxylic acid groups (broad SMARTS) is 1. The molecule has 2 N–H and O–H groups in total. The molecule has 53 heavy (non-hydrogen) atoms. The summed E-state index contributed by atoms with van der Waals surface area (Å²) in [6.45, 7) is 3.49. The van der Waals surface area contributed by atoms with Crippen LogP contribution < -0.4 is 10.1 Å². The summed E-state index contributed by atoms with van der Waals surface area (Å²) >= 11 is 12.9. The molecule has 0 spiro atoms. The van der Waals surface area contributed by atoms with Crippen molar-refractivity contribution < 1.29 is 24.2 Å². The number of amides is 3. The van der Waals surface area contributed by atoms with Crippen molar-refractivity contribution in [3.8, 4) is 11.4 Å². The van der Waals surface area contributed by atoms with Crippen LogP contribution in [0.15, 0.2) is 67.1 Å². The second-order valence-corrected chi connectivity index (χ2v) is 14.8. The molecule has 3 fully saturated rings. The number of benzene rings is 2. The molecule has 16 heteroatoms. The minimum atomic E-state index is -0.987. The van der Waals surface area contributed by atoms with E-state index in [1.54, 1.807) is 31.5 Å². The molecule has 3 saturated heterocycles. The molecule has 3 amide bonds. The number of halogens is 2. The number of rotatable bonds is 10. The van der Waals surface area contributed by atoms with Crippen LogP contribution in [0.3, 0.4) is 0 Å². The van der Waals surface area contributed by atoms with Gasteiger partial charge in [-0.25, -0.2) is 14.3 Å². The van der Waals surface area contributed by atoms with Crippen LogP contribution in [0.25, 0.3) is 5.69 Å². The van der Waals surface area contributed by atoms with Crippen LogP contribution in [0.5, 0.6) is 5.75 Å². The fourth-order valence-electron chi connectivity index (χ4n) is 8.08. The first-order valence-corrected chi connectivity index (χ1v) is 18.5. The summed E-state index contributed by atoms with van der Waals surface area (Å²) in [7, 11) is 1.54. The van der Waals surface area contributed by atoms with E-state index in [1.807, 2.05) is 41.3 Å². The summed E-state index contributed by atoms with van der Waals surface area (Å²) in [5, 5.41) is 25.3. The zero-order valence-electron chi connectivity index (χ0n) is 29.3. The molecule has 3 aliphatic rings. The van der Waals surface area contributed by atoms with Gasteiger partial charge in [0.1, 0.15) is 18.1 Å². The van der Waals surface area contributed by atoms with Crippen molar-refractivity contribution in [3.05, 3.63) is 94.0 Å². The minimum absolute atomic E-state index is 0.157. The first kappa shape index (κ1) is 36.6. The van der Waals surface area contributed by atoms with Crippen molar-refractivity contribution in [3.63, 3.8) is 0 Å². The number of hydrogen-bond donors (Lipinski definition) is 2. The van der Waals surface area contributed by atoms with Crippen LogP contribution in [-0.2, 0) is 15.7 Å². The molecule has 5 heterocycles. The molecule has 2 aromatic heterocycles. The van der Waals surface area contributed by atoms with Crippen molar-refractivity contribution in [1.82, 2.24) is 45.2 Å². The third-order valence-corrected chi connectivity index (χ3v) is 11.9. The highest BCUT2D eigenvalue weighted by Gasteiger charge is 2.45. The van der Waals surface area contributed by atoms with Gasteiger partial charge >= 0.3 is 12.0 Å². The Morgan fingerprint density at radius 3 is 2.53 bits per heavy atom. The number of piperidine rings is 1. The van der Waals surface area contributed by atoms with Crippen LogP contribution in [0.1, 0.15) is 60.1 Å². The van der Waals surface area contributed by atoms with Gasteiger partial charge in [0.05, 0.1) is 39.6 Å². The van der Waals surface area contributed by atoms with Crippen molar-refractivity contribution in [2.24, 2.45) is 0 Å². The Morgan fingerprint density at radius 1 is 1.00 bits per heavy atom. The molecule has 0 radical (unpaired) electrons. The molecular formula is C37H41Cl2N9O5. The van der Waals surface area contributed by atoms with Gasteiger partial charge in [-0.2, -0.15) is 0 Å². The van der Waals surface area contributed by atoms with Crippen LogP contribution in [-0.4, -0.2) is 115 Å². The highest BCUT2D eigenvalue weighted by molar-refractivity contribution is 6.42. The van der Waals surface area contributed by atoms with Gasteiger partial charge in [0.2, 0.25) is 0 Å². The van der Waals surface area contributed by atoms with Crippen molar-refractivity contribution in [1.29, 1.82) is 0 Å². The summed E-state index contributed by atoms with van der Waals surface area (Å²) in [6, 6.07) is 15.5. The van der Waals surface area contributed by atoms with E-state index in [2.05, 4.69) is 30.7 Å². The van der Waals surface area contributed by atoms with Crippen LogP contribution in [0.2, 0.25) is 10.0 Å². The molecule has 14 nitrogen and oxygen atoms in total. The van der Waals surface area contributed by atoms with Gasteiger partial charge in [-0.05, 0) is 104 Å². The molecular weight excluding hydrogens is 721 g/mol.